The van der Waals surface area contributed by atoms with Gasteiger partial charge in [-0.1, -0.05) is 37.3 Å². The van der Waals surface area contributed by atoms with Gasteiger partial charge >= 0.3 is 0 Å². The van der Waals surface area contributed by atoms with Crippen molar-refractivity contribution in [2.24, 2.45) is 4.99 Å². The molecule has 0 aromatic heterocycles. The summed E-state index contributed by atoms with van der Waals surface area (Å²) in [6.07, 6.45) is 0.962. The Balaban J connectivity index is 2.95. The highest BCUT2D eigenvalue weighted by molar-refractivity contribution is 7.96. The van der Waals surface area contributed by atoms with Crippen molar-refractivity contribution in [3.8, 4) is 0 Å². The molecule has 0 saturated carbocycles. The van der Waals surface area contributed by atoms with Gasteiger partial charge in [-0.15, -0.1) is 10.9 Å². The molecule has 80 valence electrons. The Labute approximate surface area is 95.4 Å². The predicted molar refractivity (Wildman–Crippen MR) is 73.3 cm³/mol. The van der Waals surface area contributed by atoms with Gasteiger partial charge < -0.3 is 0 Å². The first-order valence-electron chi connectivity index (χ1n) is 5.14. The minimum Gasteiger partial charge on any atom is -0.250 e. The number of aliphatic imine (C=N–C) groups is 1. The first-order valence-corrected chi connectivity index (χ1v) is 6.02. The lowest BCUT2D eigenvalue weighted by molar-refractivity contribution is 1.28. The van der Waals surface area contributed by atoms with Gasteiger partial charge in [-0.25, -0.2) is 4.99 Å². The molecule has 0 amide bonds. The van der Waals surface area contributed by atoms with Crippen molar-refractivity contribution in [2.45, 2.75) is 27.2 Å². The smallest absolute Gasteiger partial charge is 0.0793 e. The molecule has 0 radical (unpaired) electrons. The summed E-state index contributed by atoms with van der Waals surface area (Å²) in [7, 11) is 1.67. The summed E-state index contributed by atoms with van der Waals surface area (Å²) in [6.45, 7) is 6.31. The van der Waals surface area contributed by atoms with Crippen molar-refractivity contribution in [2.75, 3.05) is 0 Å². The fraction of sp³-hybridized carbons (Fsp3) is 0.308. The summed E-state index contributed by atoms with van der Waals surface area (Å²) < 4.78 is 0. The van der Waals surface area contributed by atoms with E-state index in [-0.39, 0.29) is 0 Å². The Bertz CT molecular complexity index is 394. The van der Waals surface area contributed by atoms with E-state index in [0.29, 0.717) is 0 Å². The Kier molecular flexibility index (Phi) is 5.05. The van der Waals surface area contributed by atoms with Crippen molar-refractivity contribution < 1.29 is 0 Å². The second-order valence-electron chi connectivity index (χ2n) is 3.43. The van der Waals surface area contributed by atoms with E-state index in [1.807, 2.05) is 23.7 Å². The maximum atomic E-state index is 4.49. The Morgan fingerprint density at radius 3 is 2.47 bits per heavy atom. The van der Waals surface area contributed by atoms with Gasteiger partial charge in [0.05, 0.1) is 5.49 Å². The van der Waals surface area contributed by atoms with Crippen molar-refractivity contribution in [1.29, 1.82) is 0 Å². The van der Waals surface area contributed by atoms with E-state index >= 15 is 0 Å². The number of benzene rings is 1. The normalized spacial score (nSPS) is 11.0. The van der Waals surface area contributed by atoms with Crippen LogP contribution in [-0.2, 0) is 0 Å². The third kappa shape index (κ3) is 4.26. The molecule has 2 heteroatoms. The largest absolute Gasteiger partial charge is 0.250 e. The molecule has 0 N–H and O–H groups in total. The lowest BCUT2D eigenvalue weighted by atomic mass is 10.1. The van der Waals surface area contributed by atoms with Gasteiger partial charge in [-0.3, -0.25) is 0 Å². The van der Waals surface area contributed by atoms with Crippen LogP contribution >= 0.6 is 10.9 Å². The highest BCUT2D eigenvalue weighted by atomic mass is 32.1. The molecule has 0 unspecified atom stereocenters. The van der Waals surface area contributed by atoms with Crippen LogP contribution in [0.15, 0.2) is 35.3 Å². The van der Waals surface area contributed by atoms with Crippen LogP contribution in [0, 0.1) is 0 Å². The molecule has 0 bridgehead atoms. The van der Waals surface area contributed by atoms with Gasteiger partial charge in [-0.2, -0.15) is 0 Å². The molecule has 0 aliphatic rings. The van der Waals surface area contributed by atoms with E-state index in [1.54, 1.807) is 10.9 Å². The van der Waals surface area contributed by atoms with Crippen LogP contribution in [0.5, 0.6) is 0 Å². The van der Waals surface area contributed by atoms with Crippen LogP contribution in [0.4, 0.5) is 0 Å². The van der Waals surface area contributed by atoms with Crippen LogP contribution in [0.25, 0.3) is 0 Å². The Hall–Kier alpha value is -1.15. The number of rotatable bonds is 3. The van der Waals surface area contributed by atoms with Crippen LogP contribution < -0.4 is 0 Å². The maximum absolute atomic E-state index is 4.49. The molecule has 0 fully saturated rings. The van der Waals surface area contributed by atoms with Crippen molar-refractivity contribution in [3.63, 3.8) is 0 Å². The second-order valence-corrected chi connectivity index (χ2v) is 4.69. The van der Waals surface area contributed by atoms with Gasteiger partial charge in [-0.05, 0) is 30.7 Å². The third-order valence-electron chi connectivity index (χ3n) is 1.94. The molecule has 0 atom stereocenters. The zero-order valence-electron chi connectivity index (χ0n) is 9.53. The molecule has 0 aliphatic heterocycles. The number of hydrogen-bond donors (Lipinski definition) is 0. The highest BCUT2D eigenvalue weighted by Crippen LogP contribution is 2.03. The first kappa shape index (κ1) is 11.9. The quantitative estimate of drug-likeness (QED) is 0.544. The topological polar surface area (TPSA) is 12.4 Å². The molecular weight excluding hydrogens is 202 g/mol. The standard InChI is InChI=1S/C13H17NS/c1-4-13(14-10-15-11(2)3)12-8-6-5-7-9-12/h5-10H,4H2,1-3H3/b14-13+. The van der Waals surface area contributed by atoms with E-state index in [9.17, 15) is 0 Å². The summed E-state index contributed by atoms with van der Waals surface area (Å²) in [5.74, 6) is 0. The zero-order chi connectivity index (χ0) is 11.1. The average Bonchev–Trinajstić information content (AvgIpc) is 2.25. The summed E-state index contributed by atoms with van der Waals surface area (Å²) >= 11 is 0. The lowest BCUT2D eigenvalue weighted by Gasteiger charge is -2.00. The predicted octanol–water partition coefficient (Wildman–Crippen LogP) is 3.59. The van der Waals surface area contributed by atoms with Crippen molar-refractivity contribution in [1.82, 2.24) is 0 Å². The molecule has 0 spiro atoms. The molecule has 0 aliphatic carbocycles. The number of hydrogen-bond acceptors (Lipinski definition) is 0. The minimum absolute atomic E-state index is 0.962. The molecule has 1 rings (SSSR count). The second kappa shape index (κ2) is 6.36. The zero-order valence-corrected chi connectivity index (χ0v) is 10.3. The Morgan fingerprint density at radius 1 is 1.27 bits per heavy atom. The molecule has 1 aromatic rings. The third-order valence-corrected chi connectivity index (χ3v) is 2.62. The van der Waals surface area contributed by atoms with Crippen LogP contribution in [0.1, 0.15) is 32.8 Å². The maximum Gasteiger partial charge on any atom is 0.0793 e. The Morgan fingerprint density at radius 2 is 1.93 bits per heavy atom. The summed E-state index contributed by atoms with van der Waals surface area (Å²) in [6, 6.07) is 10.3. The van der Waals surface area contributed by atoms with E-state index < -0.39 is 0 Å². The highest BCUT2D eigenvalue weighted by Gasteiger charge is 1.97. The van der Waals surface area contributed by atoms with E-state index in [2.05, 4.69) is 37.9 Å². The monoisotopic (exact) mass is 219 g/mol. The molecule has 0 saturated heterocycles. The van der Waals surface area contributed by atoms with Gasteiger partial charge in [0.25, 0.3) is 0 Å². The minimum atomic E-state index is 0.962. The van der Waals surface area contributed by atoms with Gasteiger partial charge in [0.1, 0.15) is 0 Å². The average molecular weight is 219 g/mol. The fourth-order valence-corrected chi connectivity index (χ4v) is 1.59. The molecule has 15 heavy (non-hydrogen) atoms. The van der Waals surface area contributed by atoms with Gasteiger partial charge in [0.2, 0.25) is 0 Å². The van der Waals surface area contributed by atoms with Crippen LogP contribution in [-0.4, -0.2) is 16.1 Å². The van der Waals surface area contributed by atoms with Crippen molar-refractivity contribution in [3.05, 3.63) is 35.9 Å². The lowest BCUT2D eigenvalue weighted by Crippen LogP contribution is -1.98. The molecule has 1 nitrogen and oxygen atoms in total. The van der Waals surface area contributed by atoms with Gasteiger partial charge in [0.15, 0.2) is 0 Å². The molecule has 0 heterocycles. The number of nitrogens with zero attached hydrogens (tertiary/aromatic N) is 1. The summed E-state index contributed by atoms with van der Waals surface area (Å²) in [4.78, 5) is 5.79. The molecule has 1 aromatic carbocycles. The van der Waals surface area contributed by atoms with E-state index in [0.717, 1.165) is 12.1 Å². The summed E-state index contributed by atoms with van der Waals surface area (Å²) in [5, 5.41) is 0. The first-order chi connectivity index (χ1) is 7.24. The van der Waals surface area contributed by atoms with Gasteiger partial charge in [0, 0.05) is 5.71 Å². The van der Waals surface area contributed by atoms with Crippen LogP contribution in [0.2, 0.25) is 0 Å². The van der Waals surface area contributed by atoms with Crippen LogP contribution in [0.3, 0.4) is 0 Å². The SMILES string of the molecule is CC/C(=N\C=S=C(C)C)c1ccccc1. The fourth-order valence-electron chi connectivity index (χ4n) is 1.20. The summed E-state index contributed by atoms with van der Waals surface area (Å²) in [5.41, 5.74) is 4.27. The molecular formula is C13H17NS. The van der Waals surface area contributed by atoms with E-state index in [1.165, 1.54) is 10.4 Å². The van der Waals surface area contributed by atoms with E-state index in [4.69, 9.17) is 0 Å². The van der Waals surface area contributed by atoms with Crippen molar-refractivity contribution >= 4 is 27.0 Å².